The summed E-state index contributed by atoms with van der Waals surface area (Å²) < 4.78 is 5.49. The molecule has 1 aliphatic heterocycles. The second kappa shape index (κ2) is 5.58. The van der Waals surface area contributed by atoms with Gasteiger partial charge in [-0.05, 0) is 25.5 Å². The normalized spacial score (nSPS) is 14.6. The van der Waals surface area contributed by atoms with Crippen LogP contribution in [0, 0.1) is 0 Å². The highest BCUT2D eigenvalue weighted by Crippen LogP contribution is 2.27. The Morgan fingerprint density at radius 2 is 2.28 bits per heavy atom. The van der Waals surface area contributed by atoms with Gasteiger partial charge in [-0.3, -0.25) is 4.79 Å². The van der Waals surface area contributed by atoms with Crippen LogP contribution in [-0.4, -0.2) is 30.5 Å². The molecule has 1 aromatic rings. The van der Waals surface area contributed by atoms with E-state index in [1.165, 1.54) is 0 Å². The van der Waals surface area contributed by atoms with Gasteiger partial charge in [-0.2, -0.15) is 0 Å². The lowest BCUT2D eigenvalue weighted by Crippen LogP contribution is -2.34. The van der Waals surface area contributed by atoms with Gasteiger partial charge >= 0.3 is 0 Å². The molecule has 2 N–H and O–H groups in total. The van der Waals surface area contributed by atoms with Crippen LogP contribution in [0.1, 0.15) is 23.7 Å². The molecule has 0 saturated carbocycles. The van der Waals surface area contributed by atoms with Crippen LogP contribution in [0.5, 0.6) is 5.75 Å². The summed E-state index contributed by atoms with van der Waals surface area (Å²) in [6.45, 7) is 3.77. The van der Waals surface area contributed by atoms with Gasteiger partial charge in [0.05, 0.1) is 17.9 Å². The number of nitrogens with zero attached hydrogens (tertiary/aromatic N) is 1. The van der Waals surface area contributed by atoms with Gasteiger partial charge in [-0.1, -0.05) is 18.2 Å². The van der Waals surface area contributed by atoms with Crippen LogP contribution in [0.25, 0.3) is 0 Å². The molecule has 1 aromatic carbocycles. The van der Waals surface area contributed by atoms with Crippen LogP contribution < -0.4 is 10.5 Å². The van der Waals surface area contributed by atoms with Crippen molar-refractivity contribution < 1.29 is 9.53 Å². The minimum Gasteiger partial charge on any atom is -0.491 e. The lowest BCUT2D eigenvalue weighted by atomic mass is 10.1. The van der Waals surface area contributed by atoms with Gasteiger partial charge in [0.2, 0.25) is 0 Å². The lowest BCUT2D eigenvalue weighted by Gasteiger charge is -2.24. The molecule has 4 nitrogen and oxygen atoms in total. The summed E-state index contributed by atoms with van der Waals surface area (Å²) in [6, 6.07) is 5.30. The van der Waals surface area contributed by atoms with E-state index in [9.17, 15) is 4.79 Å². The van der Waals surface area contributed by atoms with Crippen molar-refractivity contribution in [3.63, 3.8) is 0 Å². The number of anilines is 1. The van der Waals surface area contributed by atoms with Crippen LogP contribution in [0.2, 0.25) is 0 Å². The Morgan fingerprint density at radius 3 is 2.94 bits per heavy atom. The number of carbonyl (C=O) groups excluding carboxylic acids is 1. The monoisotopic (exact) mass is 246 g/mol. The molecule has 0 aliphatic carbocycles. The molecular formula is C14H18N2O2. The van der Waals surface area contributed by atoms with Crippen LogP contribution >= 0.6 is 0 Å². The van der Waals surface area contributed by atoms with Crippen molar-refractivity contribution in [1.82, 2.24) is 4.90 Å². The third-order valence-electron chi connectivity index (χ3n) is 2.91. The maximum Gasteiger partial charge on any atom is 0.257 e. The first kappa shape index (κ1) is 12.5. The fourth-order valence-corrected chi connectivity index (χ4v) is 2.02. The van der Waals surface area contributed by atoms with Gasteiger partial charge < -0.3 is 15.4 Å². The van der Waals surface area contributed by atoms with E-state index in [0.717, 1.165) is 13.0 Å². The van der Waals surface area contributed by atoms with Gasteiger partial charge in [0.1, 0.15) is 0 Å². The number of hydrogen-bond donors (Lipinski definition) is 1. The largest absolute Gasteiger partial charge is 0.491 e. The van der Waals surface area contributed by atoms with Crippen molar-refractivity contribution in [3.05, 3.63) is 35.9 Å². The summed E-state index contributed by atoms with van der Waals surface area (Å²) in [6.07, 6.45) is 5.00. The Bertz CT molecular complexity index is 469. The van der Waals surface area contributed by atoms with Crippen LogP contribution in [0.15, 0.2) is 30.4 Å². The quantitative estimate of drug-likeness (QED) is 0.656. The van der Waals surface area contributed by atoms with E-state index in [-0.39, 0.29) is 5.91 Å². The maximum atomic E-state index is 12.4. The fourth-order valence-electron chi connectivity index (χ4n) is 2.02. The molecular weight excluding hydrogens is 228 g/mol. The van der Waals surface area contributed by atoms with E-state index < -0.39 is 0 Å². The van der Waals surface area contributed by atoms with Gasteiger partial charge in [0.15, 0.2) is 5.75 Å². The standard InChI is InChI=1S/C14H18N2O2/c1-2-18-13-11(7-6-8-12(13)15)14(17)16-9-4-3-5-10-16/h3-4,6-8H,2,5,9-10,15H2,1H3. The average molecular weight is 246 g/mol. The Kier molecular flexibility index (Phi) is 3.87. The van der Waals surface area contributed by atoms with Crippen molar-refractivity contribution >= 4 is 11.6 Å². The van der Waals surface area contributed by atoms with Crippen molar-refractivity contribution in [1.29, 1.82) is 0 Å². The number of hydrogen-bond acceptors (Lipinski definition) is 3. The van der Waals surface area contributed by atoms with Crippen LogP contribution in [0.3, 0.4) is 0 Å². The van der Waals surface area contributed by atoms with E-state index in [1.54, 1.807) is 23.1 Å². The van der Waals surface area contributed by atoms with Gasteiger partial charge in [-0.25, -0.2) is 0 Å². The summed E-state index contributed by atoms with van der Waals surface area (Å²) in [5.74, 6) is 0.481. The minimum atomic E-state index is -0.0184. The number of amides is 1. The van der Waals surface area contributed by atoms with Gasteiger partial charge in [0, 0.05) is 13.1 Å². The predicted molar refractivity (Wildman–Crippen MR) is 71.7 cm³/mol. The number of carbonyl (C=O) groups is 1. The predicted octanol–water partition coefficient (Wildman–Crippen LogP) is 2.07. The first-order chi connectivity index (χ1) is 8.74. The van der Waals surface area contributed by atoms with Crippen LogP contribution in [0.4, 0.5) is 5.69 Å². The van der Waals surface area contributed by atoms with Crippen LogP contribution in [-0.2, 0) is 0 Å². The zero-order valence-electron chi connectivity index (χ0n) is 10.6. The average Bonchev–Trinajstić information content (AvgIpc) is 2.41. The molecule has 1 heterocycles. The van der Waals surface area contributed by atoms with Crippen molar-refractivity contribution in [2.24, 2.45) is 0 Å². The third kappa shape index (κ3) is 2.47. The van der Waals surface area contributed by atoms with Crippen molar-refractivity contribution in [2.75, 3.05) is 25.4 Å². The lowest BCUT2D eigenvalue weighted by molar-refractivity contribution is 0.0767. The SMILES string of the molecule is CCOc1c(N)cccc1C(=O)N1CC=CCC1. The van der Waals surface area contributed by atoms with E-state index in [4.69, 9.17) is 10.5 Å². The zero-order valence-corrected chi connectivity index (χ0v) is 10.6. The molecule has 0 bridgehead atoms. The maximum absolute atomic E-state index is 12.4. The van der Waals surface area contributed by atoms with Gasteiger partial charge in [0.25, 0.3) is 5.91 Å². The highest BCUT2D eigenvalue weighted by molar-refractivity contribution is 5.98. The minimum absolute atomic E-state index is 0.0184. The van der Waals surface area contributed by atoms with E-state index in [1.807, 2.05) is 13.0 Å². The molecule has 96 valence electrons. The molecule has 0 spiro atoms. The number of rotatable bonds is 3. The second-order valence-corrected chi connectivity index (χ2v) is 4.17. The van der Waals surface area contributed by atoms with Crippen molar-refractivity contribution in [2.45, 2.75) is 13.3 Å². The topological polar surface area (TPSA) is 55.6 Å². The van der Waals surface area contributed by atoms with E-state index >= 15 is 0 Å². The highest BCUT2D eigenvalue weighted by Gasteiger charge is 2.20. The zero-order chi connectivity index (χ0) is 13.0. The number of benzene rings is 1. The molecule has 4 heteroatoms. The summed E-state index contributed by atoms with van der Waals surface area (Å²) in [4.78, 5) is 14.2. The highest BCUT2D eigenvalue weighted by atomic mass is 16.5. The number of nitrogens with two attached hydrogens (primary N) is 1. The second-order valence-electron chi connectivity index (χ2n) is 4.17. The molecule has 18 heavy (non-hydrogen) atoms. The Hall–Kier alpha value is -1.97. The number of ether oxygens (including phenoxy) is 1. The molecule has 2 rings (SSSR count). The summed E-state index contributed by atoms with van der Waals surface area (Å²) in [7, 11) is 0. The Morgan fingerprint density at radius 1 is 1.44 bits per heavy atom. The Balaban J connectivity index is 2.29. The Labute approximate surface area is 107 Å². The summed E-state index contributed by atoms with van der Waals surface area (Å²) >= 11 is 0. The molecule has 0 saturated heterocycles. The first-order valence-electron chi connectivity index (χ1n) is 6.19. The first-order valence-corrected chi connectivity index (χ1v) is 6.19. The summed E-state index contributed by atoms with van der Waals surface area (Å²) in [5, 5.41) is 0. The molecule has 0 radical (unpaired) electrons. The van der Waals surface area contributed by atoms with E-state index in [0.29, 0.717) is 30.2 Å². The third-order valence-corrected chi connectivity index (χ3v) is 2.91. The number of nitrogen functional groups attached to an aromatic ring is 1. The van der Waals surface area contributed by atoms with Crippen molar-refractivity contribution in [3.8, 4) is 5.75 Å². The molecule has 1 amide bonds. The molecule has 0 atom stereocenters. The summed E-state index contributed by atoms with van der Waals surface area (Å²) in [5.41, 5.74) is 6.92. The molecule has 0 aromatic heterocycles. The molecule has 0 fully saturated rings. The smallest absolute Gasteiger partial charge is 0.257 e. The van der Waals surface area contributed by atoms with Gasteiger partial charge in [-0.15, -0.1) is 0 Å². The number of para-hydroxylation sites is 1. The van der Waals surface area contributed by atoms with E-state index in [2.05, 4.69) is 6.08 Å². The molecule has 1 aliphatic rings. The molecule has 0 unspecified atom stereocenters. The fraction of sp³-hybridized carbons (Fsp3) is 0.357.